The number of hydrogen-bond donors (Lipinski definition) is 3. The Labute approximate surface area is 75.7 Å². The van der Waals surface area contributed by atoms with Crippen molar-refractivity contribution in [1.82, 2.24) is 5.43 Å². The number of amides is 1. The van der Waals surface area contributed by atoms with Crippen LogP contribution in [-0.2, 0) is 0 Å². The van der Waals surface area contributed by atoms with Crippen molar-refractivity contribution in [3.05, 3.63) is 24.3 Å². The lowest BCUT2D eigenvalue weighted by molar-refractivity contribution is 0.194. The summed E-state index contributed by atoms with van der Waals surface area (Å²) < 4.78 is 0. The Kier molecular flexibility index (Phi) is 2.59. The van der Waals surface area contributed by atoms with E-state index in [2.05, 4.69) is 5.43 Å². The van der Waals surface area contributed by atoms with Gasteiger partial charge in [0.2, 0.25) is 0 Å². The zero-order valence-corrected chi connectivity index (χ0v) is 7.19. The second kappa shape index (κ2) is 3.66. The Morgan fingerprint density at radius 2 is 2.31 bits per heavy atom. The smallest absolute Gasteiger partial charge is 0.423 e. The van der Waals surface area contributed by atoms with Crippen molar-refractivity contribution in [1.29, 1.82) is 0 Å². The van der Waals surface area contributed by atoms with Crippen LogP contribution in [0.2, 0.25) is 0 Å². The first-order chi connectivity index (χ1) is 6.09. The molecule has 1 aromatic carbocycles. The largest absolute Gasteiger partial charge is 0.464 e. The van der Waals surface area contributed by atoms with E-state index in [-0.39, 0.29) is 0 Å². The number of hydrogen-bond acceptors (Lipinski definition) is 3. The minimum atomic E-state index is -1.11. The predicted octanol–water partition coefficient (Wildman–Crippen LogP) is 0.888. The average molecular weight is 181 g/mol. The maximum atomic E-state index is 10.3. The second-order valence-electron chi connectivity index (χ2n) is 2.57. The van der Waals surface area contributed by atoms with Crippen LogP contribution in [0.25, 0.3) is 0 Å². The van der Waals surface area contributed by atoms with E-state index >= 15 is 0 Å². The van der Waals surface area contributed by atoms with E-state index in [4.69, 9.17) is 10.8 Å². The monoisotopic (exact) mass is 181 g/mol. The lowest BCUT2D eigenvalue weighted by Crippen LogP contribution is -2.38. The molecule has 70 valence electrons. The van der Waals surface area contributed by atoms with Crippen LogP contribution in [0.1, 0.15) is 0 Å². The van der Waals surface area contributed by atoms with Crippen LogP contribution in [-0.4, -0.2) is 18.2 Å². The molecule has 13 heavy (non-hydrogen) atoms. The topological polar surface area (TPSA) is 78.6 Å². The number of nitrogens with two attached hydrogens (primary N) is 1. The van der Waals surface area contributed by atoms with E-state index in [0.29, 0.717) is 11.4 Å². The Bertz CT molecular complexity index is 314. The summed E-state index contributed by atoms with van der Waals surface area (Å²) >= 11 is 0. The number of nitrogens with zero attached hydrogens (tertiary/aromatic N) is 1. The van der Waals surface area contributed by atoms with Gasteiger partial charge >= 0.3 is 6.09 Å². The predicted molar refractivity (Wildman–Crippen MR) is 50.4 cm³/mol. The summed E-state index contributed by atoms with van der Waals surface area (Å²) in [4.78, 5) is 10.3. The van der Waals surface area contributed by atoms with E-state index in [1.54, 1.807) is 31.3 Å². The van der Waals surface area contributed by atoms with Crippen LogP contribution in [0.5, 0.6) is 0 Å². The van der Waals surface area contributed by atoms with E-state index in [1.807, 2.05) is 0 Å². The van der Waals surface area contributed by atoms with Gasteiger partial charge in [-0.05, 0) is 18.2 Å². The molecule has 0 aliphatic heterocycles. The molecule has 0 bridgehead atoms. The Morgan fingerprint density at radius 1 is 1.62 bits per heavy atom. The van der Waals surface area contributed by atoms with Crippen LogP contribution >= 0.6 is 0 Å². The molecule has 0 saturated carbocycles. The van der Waals surface area contributed by atoms with Crippen molar-refractivity contribution in [2.24, 2.45) is 0 Å². The molecule has 0 aromatic heterocycles. The minimum Gasteiger partial charge on any atom is -0.464 e. The molecular weight excluding hydrogens is 170 g/mol. The molecule has 0 aliphatic carbocycles. The lowest BCUT2D eigenvalue weighted by Gasteiger charge is -2.18. The van der Waals surface area contributed by atoms with Crippen molar-refractivity contribution >= 4 is 17.5 Å². The molecule has 5 nitrogen and oxygen atoms in total. The third-order valence-electron chi connectivity index (χ3n) is 1.52. The van der Waals surface area contributed by atoms with Gasteiger partial charge in [-0.15, -0.1) is 0 Å². The Balaban J connectivity index is 2.76. The van der Waals surface area contributed by atoms with Gasteiger partial charge in [-0.3, -0.25) is 5.01 Å². The van der Waals surface area contributed by atoms with E-state index < -0.39 is 6.09 Å². The SMILES string of the molecule is CN(NC(=O)O)c1cccc(N)c1. The van der Waals surface area contributed by atoms with Crippen molar-refractivity contribution in [3.8, 4) is 0 Å². The maximum Gasteiger partial charge on any atom is 0.423 e. The van der Waals surface area contributed by atoms with Crippen LogP contribution in [0.4, 0.5) is 16.2 Å². The first-order valence-corrected chi connectivity index (χ1v) is 3.68. The lowest BCUT2D eigenvalue weighted by atomic mass is 10.3. The van der Waals surface area contributed by atoms with E-state index in [1.165, 1.54) is 5.01 Å². The summed E-state index contributed by atoms with van der Waals surface area (Å²) in [6.45, 7) is 0. The zero-order chi connectivity index (χ0) is 9.84. The minimum absolute atomic E-state index is 0.594. The number of carboxylic acid groups (broad SMARTS) is 1. The van der Waals surface area contributed by atoms with Crippen molar-refractivity contribution in [3.63, 3.8) is 0 Å². The summed E-state index contributed by atoms with van der Waals surface area (Å²) in [6.07, 6.45) is -1.11. The number of carbonyl (C=O) groups is 1. The first kappa shape index (κ1) is 9.18. The quantitative estimate of drug-likeness (QED) is 0.467. The molecule has 0 spiro atoms. The number of hydrazine groups is 1. The molecule has 1 aromatic rings. The highest BCUT2D eigenvalue weighted by Gasteiger charge is 2.02. The summed E-state index contributed by atoms with van der Waals surface area (Å²) in [6, 6.07) is 6.92. The molecule has 5 heteroatoms. The number of anilines is 2. The van der Waals surface area contributed by atoms with Gasteiger partial charge in [0.05, 0.1) is 5.69 Å². The molecule has 0 aliphatic rings. The molecule has 0 atom stereocenters. The van der Waals surface area contributed by atoms with Crippen LogP contribution in [0, 0.1) is 0 Å². The van der Waals surface area contributed by atoms with Crippen molar-refractivity contribution in [2.45, 2.75) is 0 Å². The van der Waals surface area contributed by atoms with Crippen molar-refractivity contribution in [2.75, 3.05) is 17.8 Å². The fourth-order valence-corrected chi connectivity index (χ4v) is 0.941. The van der Waals surface area contributed by atoms with Crippen molar-refractivity contribution < 1.29 is 9.90 Å². The van der Waals surface area contributed by atoms with Gasteiger partial charge in [-0.1, -0.05) is 6.07 Å². The number of nitrogen functional groups attached to an aromatic ring is 1. The van der Waals surface area contributed by atoms with Gasteiger partial charge in [-0.2, -0.15) is 0 Å². The number of benzene rings is 1. The molecule has 0 radical (unpaired) electrons. The molecule has 0 unspecified atom stereocenters. The Hall–Kier alpha value is -1.91. The molecule has 0 fully saturated rings. The highest BCUT2D eigenvalue weighted by molar-refractivity contribution is 5.68. The summed E-state index contributed by atoms with van der Waals surface area (Å²) in [5.41, 5.74) is 9.00. The van der Waals surface area contributed by atoms with Crippen LogP contribution in [0.3, 0.4) is 0 Å². The van der Waals surface area contributed by atoms with Crippen LogP contribution < -0.4 is 16.2 Å². The fourth-order valence-electron chi connectivity index (χ4n) is 0.941. The highest BCUT2D eigenvalue weighted by Crippen LogP contribution is 2.13. The normalized spacial score (nSPS) is 9.31. The van der Waals surface area contributed by atoms with Crippen LogP contribution in [0.15, 0.2) is 24.3 Å². The first-order valence-electron chi connectivity index (χ1n) is 3.68. The van der Waals surface area contributed by atoms with E-state index in [9.17, 15) is 4.79 Å². The molecule has 1 amide bonds. The average Bonchev–Trinajstić information content (AvgIpc) is 2.03. The highest BCUT2D eigenvalue weighted by atomic mass is 16.4. The molecular formula is C8H11N3O2. The summed E-state index contributed by atoms with van der Waals surface area (Å²) in [5.74, 6) is 0. The number of rotatable bonds is 2. The van der Waals surface area contributed by atoms with Gasteiger partial charge in [0.15, 0.2) is 0 Å². The molecule has 1 rings (SSSR count). The second-order valence-corrected chi connectivity index (χ2v) is 2.57. The summed E-state index contributed by atoms with van der Waals surface area (Å²) in [5, 5.41) is 9.80. The molecule has 0 heterocycles. The van der Waals surface area contributed by atoms with Gasteiger partial charge in [0, 0.05) is 12.7 Å². The standard InChI is InChI=1S/C8H11N3O2/c1-11(10-8(12)13)7-4-2-3-6(9)5-7/h2-5,10H,9H2,1H3,(H,12,13). The summed E-state index contributed by atoms with van der Waals surface area (Å²) in [7, 11) is 1.60. The van der Waals surface area contributed by atoms with Gasteiger partial charge < -0.3 is 10.8 Å². The zero-order valence-electron chi connectivity index (χ0n) is 7.19. The maximum absolute atomic E-state index is 10.3. The van der Waals surface area contributed by atoms with Gasteiger partial charge in [0.25, 0.3) is 0 Å². The third-order valence-corrected chi connectivity index (χ3v) is 1.52. The molecule has 0 saturated heterocycles. The fraction of sp³-hybridized carbons (Fsp3) is 0.125. The van der Waals surface area contributed by atoms with E-state index in [0.717, 1.165) is 0 Å². The number of nitrogens with one attached hydrogen (secondary N) is 1. The van der Waals surface area contributed by atoms with Gasteiger partial charge in [-0.25, -0.2) is 10.2 Å². The van der Waals surface area contributed by atoms with Gasteiger partial charge in [0.1, 0.15) is 0 Å². The molecule has 4 N–H and O–H groups in total. The third kappa shape index (κ3) is 2.55. The Morgan fingerprint density at radius 3 is 2.85 bits per heavy atom.